The maximum absolute atomic E-state index is 5.88. The van der Waals surface area contributed by atoms with E-state index in [2.05, 4.69) is 17.4 Å². The fourth-order valence-corrected chi connectivity index (χ4v) is 2.11. The smallest absolute Gasteiger partial charge is 0.0406 e. The Labute approximate surface area is 96.8 Å². The van der Waals surface area contributed by atoms with Crippen LogP contribution in [0, 0.1) is 5.92 Å². The van der Waals surface area contributed by atoms with Crippen molar-refractivity contribution in [3.8, 4) is 0 Å². The van der Waals surface area contributed by atoms with Gasteiger partial charge in [0.25, 0.3) is 0 Å². The third-order valence-corrected chi connectivity index (χ3v) is 3.43. The highest BCUT2D eigenvalue weighted by molar-refractivity contribution is 6.30. The van der Waals surface area contributed by atoms with E-state index in [1.807, 2.05) is 19.2 Å². The summed E-state index contributed by atoms with van der Waals surface area (Å²) in [7, 11) is 2.03. The van der Waals surface area contributed by atoms with Crippen LogP contribution in [0.3, 0.4) is 0 Å². The van der Waals surface area contributed by atoms with Gasteiger partial charge in [0.05, 0.1) is 0 Å². The monoisotopic (exact) mass is 223 g/mol. The van der Waals surface area contributed by atoms with E-state index in [-0.39, 0.29) is 0 Å². The molecule has 1 nitrogen and oxygen atoms in total. The zero-order valence-electron chi connectivity index (χ0n) is 9.17. The van der Waals surface area contributed by atoms with Crippen LogP contribution < -0.4 is 5.32 Å². The Kier molecular flexibility index (Phi) is 3.66. The molecule has 0 heterocycles. The second-order valence-corrected chi connectivity index (χ2v) is 4.85. The molecule has 1 aromatic carbocycles. The number of hydrogen-bond acceptors (Lipinski definition) is 1. The number of hydrogen-bond donors (Lipinski definition) is 1. The normalized spacial score (nSPS) is 17.7. The molecule has 82 valence electrons. The quantitative estimate of drug-likeness (QED) is 0.801. The van der Waals surface area contributed by atoms with Crippen LogP contribution in [0.15, 0.2) is 24.3 Å². The Morgan fingerprint density at radius 1 is 1.33 bits per heavy atom. The summed E-state index contributed by atoms with van der Waals surface area (Å²) in [6, 6.07) is 8.67. The molecule has 1 aliphatic carbocycles. The lowest BCUT2D eigenvalue weighted by Crippen LogP contribution is -2.16. The van der Waals surface area contributed by atoms with Gasteiger partial charge in [0.2, 0.25) is 0 Å². The molecule has 15 heavy (non-hydrogen) atoms. The van der Waals surface area contributed by atoms with E-state index in [0.717, 1.165) is 10.9 Å². The van der Waals surface area contributed by atoms with Crippen molar-refractivity contribution < 1.29 is 0 Å². The van der Waals surface area contributed by atoms with Crippen LogP contribution in [-0.2, 0) is 0 Å². The molecule has 1 fully saturated rings. The van der Waals surface area contributed by atoms with Crippen molar-refractivity contribution in [2.75, 3.05) is 7.05 Å². The molecule has 0 bridgehead atoms. The predicted octanol–water partition coefficient (Wildman–Crippen LogP) is 3.79. The molecule has 1 saturated carbocycles. The Bertz CT molecular complexity index is 303. The molecule has 1 N–H and O–H groups in total. The second kappa shape index (κ2) is 5.00. The molecule has 2 rings (SSSR count). The van der Waals surface area contributed by atoms with Gasteiger partial charge >= 0.3 is 0 Å². The van der Waals surface area contributed by atoms with Crippen LogP contribution in [0.2, 0.25) is 5.02 Å². The first-order chi connectivity index (χ1) is 7.29. The van der Waals surface area contributed by atoms with Gasteiger partial charge < -0.3 is 5.32 Å². The predicted molar refractivity (Wildman–Crippen MR) is 65.2 cm³/mol. The lowest BCUT2D eigenvalue weighted by molar-refractivity contribution is 0.506. The number of halogens is 1. The topological polar surface area (TPSA) is 12.0 Å². The van der Waals surface area contributed by atoms with Crippen LogP contribution in [-0.4, -0.2) is 7.05 Å². The summed E-state index contributed by atoms with van der Waals surface area (Å²) >= 11 is 5.88. The Morgan fingerprint density at radius 2 is 2.00 bits per heavy atom. The molecule has 0 saturated heterocycles. The summed E-state index contributed by atoms with van der Waals surface area (Å²) in [4.78, 5) is 0. The zero-order chi connectivity index (χ0) is 10.7. The molecule has 1 aliphatic rings. The van der Waals surface area contributed by atoms with Gasteiger partial charge in [-0.15, -0.1) is 0 Å². The number of rotatable bonds is 5. The standard InChI is InChI=1S/C13H18ClN/c1-15-13(9-4-10-2-3-10)11-5-7-12(14)8-6-11/h5-8,10,13,15H,2-4,9H2,1H3. The highest BCUT2D eigenvalue weighted by Gasteiger charge is 2.22. The van der Waals surface area contributed by atoms with Gasteiger partial charge in [0.15, 0.2) is 0 Å². The summed E-state index contributed by atoms with van der Waals surface area (Å²) < 4.78 is 0. The SMILES string of the molecule is CNC(CCC1CC1)c1ccc(Cl)cc1. The highest BCUT2D eigenvalue weighted by Crippen LogP contribution is 2.35. The van der Waals surface area contributed by atoms with Crippen LogP contribution in [0.5, 0.6) is 0 Å². The minimum Gasteiger partial charge on any atom is -0.313 e. The maximum atomic E-state index is 5.88. The molecule has 0 spiro atoms. The first-order valence-electron chi connectivity index (χ1n) is 5.72. The van der Waals surface area contributed by atoms with E-state index < -0.39 is 0 Å². The molecule has 0 radical (unpaired) electrons. The van der Waals surface area contributed by atoms with Gasteiger partial charge in [-0.05, 0) is 43.5 Å². The molecule has 1 unspecified atom stereocenters. The number of nitrogens with one attached hydrogen (secondary N) is 1. The minimum absolute atomic E-state index is 0.489. The molecular weight excluding hydrogens is 206 g/mol. The molecule has 0 amide bonds. The second-order valence-electron chi connectivity index (χ2n) is 4.41. The van der Waals surface area contributed by atoms with Crippen LogP contribution in [0.1, 0.15) is 37.3 Å². The fraction of sp³-hybridized carbons (Fsp3) is 0.538. The maximum Gasteiger partial charge on any atom is 0.0406 e. The van der Waals surface area contributed by atoms with E-state index in [0.29, 0.717) is 6.04 Å². The van der Waals surface area contributed by atoms with Gasteiger partial charge in [-0.2, -0.15) is 0 Å². The Morgan fingerprint density at radius 3 is 2.53 bits per heavy atom. The van der Waals surface area contributed by atoms with E-state index in [1.165, 1.54) is 31.2 Å². The van der Waals surface area contributed by atoms with E-state index in [1.54, 1.807) is 0 Å². The van der Waals surface area contributed by atoms with E-state index in [9.17, 15) is 0 Å². The van der Waals surface area contributed by atoms with Gasteiger partial charge in [0, 0.05) is 11.1 Å². The van der Waals surface area contributed by atoms with Gasteiger partial charge in [0.1, 0.15) is 0 Å². The molecular formula is C13H18ClN. The molecule has 2 heteroatoms. The summed E-state index contributed by atoms with van der Waals surface area (Å²) in [5.74, 6) is 1.01. The zero-order valence-corrected chi connectivity index (χ0v) is 9.93. The number of benzene rings is 1. The molecule has 1 atom stereocenters. The van der Waals surface area contributed by atoms with E-state index >= 15 is 0 Å². The van der Waals surface area contributed by atoms with Gasteiger partial charge in [-0.25, -0.2) is 0 Å². The molecule has 1 aromatic rings. The summed E-state index contributed by atoms with van der Waals surface area (Å²) in [5, 5.41) is 4.19. The highest BCUT2D eigenvalue weighted by atomic mass is 35.5. The lowest BCUT2D eigenvalue weighted by atomic mass is 10.0. The summed E-state index contributed by atoms with van der Waals surface area (Å²) in [5.41, 5.74) is 1.35. The van der Waals surface area contributed by atoms with Crippen molar-refractivity contribution in [2.45, 2.75) is 31.7 Å². The first-order valence-corrected chi connectivity index (χ1v) is 6.10. The average molecular weight is 224 g/mol. The van der Waals surface area contributed by atoms with Gasteiger partial charge in [-0.3, -0.25) is 0 Å². The third kappa shape index (κ3) is 3.22. The molecule has 0 aliphatic heterocycles. The van der Waals surface area contributed by atoms with Crippen LogP contribution in [0.4, 0.5) is 0 Å². The van der Waals surface area contributed by atoms with Crippen LogP contribution >= 0.6 is 11.6 Å². The Balaban J connectivity index is 1.94. The molecule has 0 aromatic heterocycles. The summed E-state index contributed by atoms with van der Waals surface area (Å²) in [6.07, 6.45) is 5.48. The lowest BCUT2D eigenvalue weighted by Gasteiger charge is -2.16. The Hall–Kier alpha value is -0.530. The van der Waals surface area contributed by atoms with Gasteiger partial charge in [-0.1, -0.05) is 36.6 Å². The third-order valence-electron chi connectivity index (χ3n) is 3.18. The van der Waals surface area contributed by atoms with Crippen molar-refractivity contribution in [3.63, 3.8) is 0 Å². The summed E-state index contributed by atoms with van der Waals surface area (Å²) in [6.45, 7) is 0. The van der Waals surface area contributed by atoms with Crippen LogP contribution in [0.25, 0.3) is 0 Å². The largest absolute Gasteiger partial charge is 0.313 e. The van der Waals surface area contributed by atoms with Crippen molar-refractivity contribution in [1.82, 2.24) is 5.32 Å². The first kappa shape index (κ1) is 11.0. The van der Waals surface area contributed by atoms with Crippen molar-refractivity contribution in [2.24, 2.45) is 5.92 Å². The van der Waals surface area contributed by atoms with Crippen molar-refractivity contribution in [1.29, 1.82) is 0 Å². The van der Waals surface area contributed by atoms with Crippen molar-refractivity contribution >= 4 is 11.6 Å². The fourth-order valence-electron chi connectivity index (χ4n) is 1.98. The minimum atomic E-state index is 0.489. The van der Waals surface area contributed by atoms with E-state index in [4.69, 9.17) is 11.6 Å². The average Bonchev–Trinajstić information content (AvgIpc) is 3.05. The van der Waals surface area contributed by atoms with Crippen molar-refractivity contribution in [3.05, 3.63) is 34.9 Å².